The molecule has 1 aliphatic heterocycles. The molecule has 6 heteroatoms. The van der Waals surface area contributed by atoms with Crippen LogP contribution in [0.15, 0.2) is 16.8 Å². The second kappa shape index (κ2) is 7.68. The molecule has 32 heavy (non-hydrogen) atoms. The molecule has 0 aromatic rings. The number of allylic oxidation sites excluding steroid dienone is 1. The summed E-state index contributed by atoms with van der Waals surface area (Å²) >= 11 is 0. The van der Waals surface area contributed by atoms with Crippen LogP contribution in [0, 0.1) is 45.8 Å². The SMILES string of the molecule is CC(C)C1=C[C@H]2C[C@]3(C=O)[C@@H]4CC[C@@H](C)[C@H]4C[C@@]2(/C=N/OCC2CCCCO2)[C@]13C(=O)O. The Morgan fingerprint density at radius 3 is 2.75 bits per heavy atom. The number of oxime groups is 1. The maximum atomic E-state index is 13.3. The zero-order valence-electron chi connectivity index (χ0n) is 19.6. The van der Waals surface area contributed by atoms with Gasteiger partial charge in [-0.3, -0.25) is 4.79 Å². The van der Waals surface area contributed by atoms with Crippen molar-refractivity contribution in [2.75, 3.05) is 13.2 Å². The fourth-order valence-corrected chi connectivity index (χ4v) is 8.68. The lowest BCUT2D eigenvalue weighted by atomic mass is 9.43. The lowest BCUT2D eigenvalue weighted by Gasteiger charge is -2.57. The number of carboxylic acid groups (broad SMARTS) is 1. The van der Waals surface area contributed by atoms with Crippen LogP contribution < -0.4 is 0 Å². The summed E-state index contributed by atoms with van der Waals surface area (Å²) < 4.78 is 5.75. The molecule has 176 valence electrons. The van der Waals surface area contributed by atoms with Crippen LogP contribution in [0.2, 0.25) is 0 Å². The molecule has 0 amide bonds. The monoisotopic (exact) mass is 443 g/mol. The molecule has 1 heterocycles. The summed E-state index contributed by atoms with van der Waals surface area (Å²) in [5.41, 5.74) is -1.86. The molecule has 5 aliphatic rings. The van der Waals surface area contributed by atoms with Crippen LogP contribution in [-0.2, 0) is 19.2 Å². The summed E-state index contributed by atoms with van der Waals surface area (Å²) in [5, 5.41) is 15.3. The molecule has 1 saturated heterocycles. The first-order chi connectivity index (χ1) is 15.3. The summed E-state index contributed by atoms with van der Waals surface area (Å²) in [6, 6.07) is 0. The minimum atomic E-state index is -1.22. The molecule has 4 fully saturated rings. The minimum Gasteiger partial charge on any atom is -0.481 e. The average molecular weight is 444 g/mol. The van der Waals surface area contributed by atoms with Crippen molar-refractivity contribution in [3.63, 3.8) is 0 Å². The van der Waals surface area contributed by atoms with Crippen LogP contribution in [0.5, 0.6) is 0 Å². The van der Waals surface area contributed by atoms with E-state index in [1.165, 1.54) is 0 Å². The van der Waals surface area contributed by atoms with Gasteiger partial charge in [-0.2, -0.15) is 0 Å². The zero-order valence-corrected chi connectivity index (χ0v) is 19.6. The van der Waals surface area contributed by atoms with Crippen molar-refractivity contribution in [3.8, 4) is 0 Å². The van der Waals surface area contributed by atoms with Crippen molar-refractivity contribution in [1.82, 2.24) is 0 Å². The van der Waals surface area contributed by atoms with Crippen molar-refractivity contribution in [1.29, 1.82) is 0 Å². The van der Waals surface area contributed by atoms with Crippen LogP contribution in [0.25, 0.3) is 0 Å². The standard InChI is InChI=1S/C26H37NO5/c1-16(2)22-10-18-11-25(15-28)21-8-7-17(3)20(21)12-24(18,26(22,25)23(29)30)14-27-32-13-19-6-4-5-9-31-19/h10,14-21H,4-9,11-13H2,1-3H3,(H,29,30)/b27-14+/t17-,18+,19?,20-,21-,24+,25+,26-/m1/s1. The smallest absolute Gasteiger partial charge is 0.315 e. The Balaban J connectivity index is 1.56. The van der Waals surface area contributed by atoms with Crippen LogP contribution >= 0.6 is 0 Å². The zero-order chi connectivity index (χ0) is 22.7. The number of aldehydes is 1. The Hall–Kier alpha value is -1.69. The summed E-state index contributed by atoms with van der Waals surface area (Å²) in [6.07, 6.45) is 11.7. The Kier molecular flexibility index (Phi) is 5.31. The highest BCUT2D eigenvalue weighted by Crippen LogP contribution is 2.82. The van der Waals surface area contributed by atoms with Gasteiger partial charge in [0.15, 0.2) is 0 Å². The predicted molar refractivity (Wildman–Crippen MR) is 120 cm³/mol. The van der Waals surface area contributed by atoms with Gasteiger partial charge < -0.3 is 19.5 Å². The summed E-state index contributed by atoms with van der Waals surface area (Å²) in [5.74, 6) is 0.203. The molecule has 4 aliphatic carbocycles. The second-order valence-corrected chi connectivity index (χ2v) is 11.4. The molecule has 0 aromatic carbocycles. The van der Waals surface area contributed by atoms with Crippen molar-refractivity contribution in [2.45, 2.75) is 71.8 Å². The molecule has 6 nitrogen and oxygen atoms in total. The van der Waals surface area contributed by atoms with Gasteiger partial charge >= 0.3 is 5.97 Å². The maximum Gasteiger partial charge on any atom is 0.315 e. The van der Waals surface area contributed by atoms with Crippen LogP contribution in [0.1, 0.15) is 65.7 Å². The van der Waals surface area contributed by atoms with Crippen molar-refractivity contribution < 1.29 is 24.3 Å². The van der Waals surface area contributed by atoms with E-state index in [4.69, 9.17) is 9.57 Å². The summed E-state index contributed by atoms with van der Waals surface area (Å²) in [7, 11) is 0. The molecule has 0 spiro atoms. The number of rotatable bonds is 7. The van der Waals surface area contributed by atoms with Gasteiger partial charge in [0.1, 0.15) is 18.3 Å². The normalized spacial score (nSPS) is 47.0. The summed E-state index contributed by atoms with van der Waals surface area (Å²) in [4.78, 5) is 32.0. The fourth-order valence-electron chi connectivity index (χ4n) is 8.68. The van der Waals surface area contributed by atoms with Crippen molar-refractivity contribution in [2.24, 2.45) is 51.0 Å². The highest BCUT2D eigenvalue weighted by Gasteiger charge is 2.84. The Morgan fingerprint density at radius 1 is 1.28 bits per heavy atom. The Labute approximate surface area is 190 Å². The molecule has 4 bridgehead atoms. The highest BCUT2D eigenvalue weighted by molar-refractivity contribution is 5.96. The minimum absolute atomic E-state index is 0.0114. The van der Waals surface area contributed by atoms with Crippen LogP contribution in [-0.4, -0.2) is 42.9 Å². The van der Waals surface area contributed by atoms with Crippen LogP contribution in [0.3, 0.4) is 0 Å². The van der Waals surface area contributed by atoms with Gasteiger partial charge in [0.2, 0.25) is 0 Å². The molecule has 0 aromatic heterocycles. The third-order valence-corrected chi connectivity index (χ3v) is 9.89. The quantitative estimate of drug-likeness (QED) is 0.271. The molecular weight excluding hydrogens is 406 g/mol. The first kappa shape index (κ1) is 22.1. The first-order valence-corrected chi connectivity index (χ1v) is 12.5. The van der Waals surface area contributed by atoms with Gasteiger partial charge in [0.25, 0.3) is 0 Å². The number of fused-ring (bicyclic) bond motifs is 2. The van der Waals surface area contributed by atoms with E-state index < -0.39 is 22.2 Å². The van der Waals surface area contributed by atoms with Gasteiger partial charge in [0, 0.05) is 12.0 Å². The van der Waals surface area contributed by atoms with Gasteiger partial charge in [-0.05, 0) is 68.1 Å². The number of carboxylic acids is 1. The van der Waals surface area contributed by atoms with E-state index in [2.05, 4.69) is 32.0 Å². The largest absolute Gasteiger partial charge is 0.481 e. The van der Waals surface area contributed by atoms with E-state index in [1.807, 2.05) is 6.21 Å². The number of hydrogen-bond donors (Lipinski definition) is 1. The average Bonchev–Trinajstić information content (AvgIpc) is 3.35. The lowest BCUT2D eigenvalue weighted by Crippen LogP contribution is -2.63. The van der Waals surface area contributed by atoms with Crippen molar-refractivity contribution >= 4 is 18.5 Å². The van der Waals surface area contributed by atoms with E-state index in [9.17, 15) is 14.7 Å². The van der Waals surface area contributed by atoms with Gasteiger partial charge in [-0.25, -0.2) is 0 Å². The number of carbonyl (C=O) groups excluding carboxylic acids is 1. The number of aliphatic carboxylic acids is 1. The Bertz CT molecular complexity index is 845. The number of ether oxygens (including phenoxy) is 1. The van der Waals surface area contributed by atoms with Crippen LogP contribution in [0.4, 0.5) is 0 Å². The van der Waals surface area contributed by atoms with Gasteiger partial charge in [0.05, 0.1) is 17.7 Å². The second-order valence-electron chi connectivity index (χ2n) is 11.4. The van der Waals surface area contributed by atoms with Gasteiger partial charge in [-0.1, -0.05) is 44.0 Å². The Morgan fingerprint density at radius 2 is 2.09 bits per heavy atom. The van der Waals surface area contributed by atoms with Crippen molar-refractivity contribution in [3.05, 3.63) is 11.6 Å². The number of carbonyl (C=O) groups is 2. The number of hydrogen-bond acceptors (Lipinski definition) is 5. The highest BCUT2D eigenvalue weighted by atomic mass is 16.6. The topological polar surface area (TPSA) is 85.2 Å². The molecule has 1 unspecified atom stereocenters. The third-order valence-electron chi connectivity index (χ3n) is 9.89. The first-order valence-electron chi connectivity index (χ1n) is 12.5. The molecular formula is C26H37NO5. The molecule has 1 N–H and O–H groups in total. The van der Waals surface area contributed by atoms with E-state index in [0.29, 0.717) is 24.9 Å². The fraction of sp³-hybridized carbons (Fsp3) is 0.808. The third kappa shape index (κ3) is 2.59. The van der Waals surface area contributed by atoms with E-state index in [0.717, 1.165) is 57.0 Å². The van der Waals surface area contributed by atoms with Gasteiger partial charge in [-0.15, -0.1) is 0 Å². The maximum absolute atomic E-state index is 13.3. The van der Waals surface area contributed by atoms with E-state index >= 15 is 0 Å². The molecule has 3 saturated carbocycles. The summed E-state index contributed by atoms with van der Waals surface area (Å²) in [6.45, 7) is 7.53. The number of nitrogens with zero attached hydrogens (tertiary/aromatic N) is 1. The molecule has 5 rings (SSSR count). The molecule has 8 atom stereocenters. The molecule has 0 radical (unpaired) electrons. The van der Waals surface area contributed by atoms with E-state index in [1.54, 1.807) is 0 Å². The lowest BCUT2D eigenvalue weighted by molar-refractivity contribution is -0.173. The van der Waals surface area contributed by atoms with E-state index in [-0.39, 0.29) is 23.9 Å². The predicted octanol–water partition coefficient (Wildman–Crippen LogP) is 4.48.